The highest BCUT2D eigenvalue weighted by Gasteiger charge is 2.68. The molecule has 4 aromatic carbocycles. The second-order valence-electron chi connectivity index (χ2n) is 15.9. The van der Waals surface area contributed by atoms with Gasteiger partial charge in [-0.1, -0.05) is 53.6 Å². The number of aromatic nitrogens is 2. The van der Waals surface area contributed by atoms with Crippen LogP contribution in [0.3, 0.4) is 0 Å². The van der Waals surface area contributed by atoms with Crippen molar-refractivity contribution >= 4 is 84.6 Å². The number of phenols is 1. The molecule has 290 valence electrons. The smallest absolute Gasteiger partial charge is 0.269 e. The third-order valence-corrected chi connectivity index (χ3v) is 14.6. The van der Waals surface area contributed by atoms with Crippen LogP contribution in [0.5, 0.6) is 5.75 Å². The Hall–Kier alpha value is -6.18. The average molecular weight is 812 g/mol. The maximum absolute atomic E-state index is 15.3. The molecule has 3 fully saturated rings. The van der Waals surface area contributed by atoms with E-state index in [4.69, 9.17) is 16.7 Å². The van der Waals surface area contributed by atoms with Crippen molar-refractivity contribution in [3.63, 3.8) is 0 Å². The van der Waals surface area contributed by atoms with Gasteiger partial charge in [0, 0.05) is 46.5 Å². The normalized spacial score (nSPS) is 25.4. The van der Waals surface area contributed by atoms with Crippen LogP contribution < -0.4 is 9.80 Å². The number of amides is 4. The van der Waals surface area contributed by atoms with Gasteiger partial charge in [0.05, 0.1) is 38.7 Å². The number of rotatable bonds is 5. The average Bonchev–Trinajstić information content (AvgIpc) is 3.88. The Kier molecular flexibility index (Phi) is 7.90. The molecule has 10 rings (SSSR count). The monoisotopic (exact) mass is 811 g/mol. The first-order chi connectivity index (χ1) is 27.8. The Morgan fingerprint density at radius 1 is 0.914 bits per heavy atom. The number of carbonyl (C=O) groups is 4. The number of nitrogens with zero attached hydrogens (tertiary/aromatic N) is 5. The summed E-state index contributed by atoms with van der Waals surface area (Å²) in [5.74, 6) is -5.56. The van der Waals surface area contributed by atoms with Crippen LogP contribution in [-0.4, -0.2) is 43.4 Å². The van der Waals surface area contributed by atoms with E-state index in [9.17, 15) is 24.8 Å². The molecule has 6 atom stereocenters. The highest BCUT2D eigenvalue weighted by molar-refractivity contribution is 7.22. The molecule has 6 aromatic rings. The summed E-state index contributed by atoms with van der Waals surface area (Å²) in [6.07, 6.45) is 2.24. The van der Waals surface area contributed by atoms with Gasteiger partial charge in [0.1, 0.15) is 17.3 Å². The summed E-state index contributed by atoms with van der Waals surface area (Å²) < 4.78 is 2.56. The largest absolute Gasteiger partial charge is 0.508 e. The maximum Gasteiger partial charge on any atom is 0.269 e. The number of aromatic hydroxyl groups is 1. The Bertz CT molecular complexity index is 2880. The van der Waals surface area contributed by atoms with Crippen molar-refractivity contribution in [3.05, 3.63) is 123 Å². The number of imide groups is 2. The summed E-state index contributed by atoms with van der Waals surface area (Å²) in [4.78, 5) is 73.1. The molecule has 2 saturated heterocycles. The van der Waals surface area contributed by atoms with Gasteiger partial charge in [0.25, 0.3) is 5.69 Å². The molecule has 1 N–H and O–H groups in total. The molecule has 4 amide bonds. The van der Waals surface area contributed by atoms with Crippen LogP contribution in [0.1, 0.15) is 36.8 Å². The second-order valence-corrected chi connectivity index (χ2v) is 17.4. The van der Waals surface area contributed by atoms with E-state index in [1.54, 1.807) is 43.5 Å². The molecule has 6 unspecified atom stereocenters. The van der Waals surface area contributed by atoms with Crippen molar-refractivity contribution in [2.24, 2.45) is 36.1 Å². The van der Waals surface area contributed by atoms with E-state index in [1.165, 1.54) is 33.8 Å². The molecule has 0 bridgehead atoms. The number of fused-ring (bicyclic) bond motifs is 6. The Labute approximate surface area is 340 Å². The number of halogens is 1. The SMILES string of the molecule is Cc1c(-c2cc(N3C(=O)C4CC5C(=CCC6C(=O)N(c7ccc([N+](=O)[O-])cc7)C(=O)C65)C(c5c(O)ccc6ccccc56)C4(C)C3=O)n(C)n2)sc2ccc(Cl)cc12. The molecule has 14 heteroatoms. The van der Waals surface area contributed by atoms with Crippen LogP contribution >= 0.6 is 22.9 Å². The van der Waals surface area contributed by atoms with Crippen molar-refractivity contribution < 1.29 is 29.2 Å². The number of carbonyl (C=O) groups excluding carboxylic acids is 4. The summed E-state index contributed by atoms with van der Waals surface area (Å²) in [6.45, 7) is 3.78. The van der Waals surface area contributed by atoms with Gasteiger partial charge >= 0.3 is 0 Å². The van der Waals surface area contributed by atoms with Gasteiger partial charge in [0.2, 0.25) is 23.6 Å². The summed E-state index contributed by atoms with van der Waals surface area (Å²) in [5.41, 5.74) is 1.42. The van der Waals surface area contributed by atoms with Gasteiger partial charge in [-0.05, 0) is 90.7 Å². The lowest BCUT2D eigenvalue weighted by Gasteiger charge is -2.49. The standard InChI is InChI=1S/C44H34ClN5O7S/c1-21-29-18-23(45)9-17-34(29)58-39(21)32-20-35(47(3)46-32)49-41(53)31-19-30-27(38(44(31,2)43(49)55)37-26-7-5-4-6-22(26)8-16-33(37)51)14-15-28-36(30)42(54)48(40(28)52)24-10-12-25(13-11-24)50(56)57/h4-14,16-18,20,28,30-31,36,38,51H,15,19H2,1-3H3. The minimum absolute atomic E-state index is 0.0458. The zero-order valence-electron chi connectivity index (χ0n) is 31.4. The highest BCUT2D eigenvalue weighted by Crippen LogP contribution is 2.65. The summed E-state index contributed by atoms with van der Waals surface area (Å²) in [7, 11) is 1.69. The maximum atomic E-state index is 15.3. The van der Waals surface area contributed by atoms with Crippen LogP contribution in [0.25, 0.3) is 31.4 Å². The molecular weight excluding hydrogens is 778 g/mol. The van der Waals surface area contributed by atoms with Crippen molar-refractivity contribution in [3.8, 4) is 16.3 Å². The number of nitro groups is 1. The topological polar surface area (TPSA) is 156 Å². The minimum Gasteiger partial charge on any atom is -0.508 e. The number of aryl methyl sites for hydroxylation is 2. The fourth-order valence-corrected chi connectivity index (χ4v) is 11.6. The van der Waals surface area contributed by atoms with E-state index in [1.807, 2.05) is 55.5 Å². The van der Waals surface area contributed by atoms with Crippen molar-refractivity contribution in [2.75, 3.05) is 9.80 Å². The van der Waals surface area contributed by atoms with Gasteiger partial charge in [0.15, 0.2) is 0 Å². The Morgan fingerprint density at radius 2 is 1.67 bits per heavy atom. The summed E-state index contributed by atoms with van der Waals surface area (Å²) in [5, 5.41) is 31.1. The van der Waals surface area contributed by atoms with E-state index < -0.39 is 63.6 Å². The molecule has 2 aromatic heterocycles. The van der Waals surface area contributed by atoms with Crippen LogP contribution in [0.2, 0.25) is 5.02 Å². The number of benzene rings is 4. The number of non-ortho nitro benzene ring substituents is 1. The molecule has 1 saturated carbocycles. The van der Waals surface area contributed by atoms with E-state index >= 15 is 9.59 Å². The molecule has 4 aliphatic rings. The van der Waals surface area contributed by atoms with Crippen LogP contribution in [0.4, 0.5) is 17.2 Å². The van der Waals surface area contributed by atoms with E-state index in [-0.39, 0.29) is 30.0 Å². The molecule has 58 heavy (non-hydrogen) atoms. The number of thiophene rings is 1. The second kappa shape index (κ2) is 12.7. The lowest BCUT2D eigenvalue weighted by molar-refractivity contribution is -0.384. The van der Waals surface area contributed by atoms with Gasteiger partial charge in [-0.2, -0.15) is 5.10 Å². The van der Waals surface area contributed by atoms with Crippen molar-refractivity contribution in [1.82, 2.24) is 9.78 Å². The number of hydrogen-bond donors (Lipinski definition) is 1. The zero-order chi connectivity index (χ0) is 40.5. The first-order valence-electron chi connectivity index (χ1n) is 18.9. The predicted molar refractivity (Wildman–Crippen MR) is 220 cm³/mol. The molecule has 4 heterocycles. The first-order valence-corrected chi connectivity index (χ1v) is 20.1. The molecule has 2 aliphatic carbocycles. The first kappa shape index (κ1) is 36.2. The van der Waals surface area contributed by atoms with Gasteiger partial charge in [-0.3, -0.25) is 38.9 Å². The molecule has 2 aliphatic heterocycles. The Balaban J connectivity index is 1.11. The van der Waals surface area contributed by atoms with Crippen LogP contribution in [0.15, 0.2) is 96.6 Å². The lowest BCUT2D eigenvalue weighted by atomic mass is 9.51. The minimum atomic E-state index is -1.41. The fraction of sp³-hybridized carbons (Fsp3) is 0.250. The number of anilines is 2. The van der Waals surface area contributed by atoms with Crippen LogP contribution in [0, 0.1) is 46.1 Å². The van der Waals surface area contributed by atoms with E-state index in [2.05, 4.69) is 0 Å². The van der Waals surface area contributed by atoms with E-state index in [0.717, 1.165) is 36.4 Å². The van der Waals surface area contributed by atoms with Crippen LogP contribution in [-0.2, 0) is 26.2 Å². The fourth-order valence-electron chi connectivity index (χ4n) is 10.3. The molecule has 12 nitrogen and oxygen atoms in total. The summed E-state index contributed by atoms with van der Waals surface area (Å²) >= 11 is 7.87. The zero-order valence-corrected chi connectivity index (χ0v) is 33.0. The lowest BCUT2D eigenvalue weighted by Crippen LogP contribution is -2.49. The molecular formula is C44H34ClN5O7S. The number of nitro benzene ring substituents is 1. The number of phenolic OH excluding ortho intramolecular Hbond substituents is 1. The van der Waals surface area contributed by atoms with E-state index in [0.29, 0.717) is 27.5 Å². The Morgan fingerprint density at radius 3 is 2.43 bits per heavy atom. The third kappa shape index (κ3) is 4.89. The van der Waals surface area contributed by atoms with Gasteiger partial charge in [-0.25, -0.2) is 4.90 Å². The van der Waals surface area contributed by atoms with Gasteiger partial charge < -0.3 is 5.11 Å². The summed E-state index contributed by atoms with van der Waals surface area (Å²) in [6, 6.07) is 23.7. The number of hydrogen-bond acceptors (Lipinski definition) is 9. The van der Waals surface area contributed by atoms with Gasteiger partial charge in [-0.15, -0.1) is 11.3 Å². The molecule has 0 spiro atoms. The quantitative estimate of drug-likeness (QED) is 0.0787. The predicted octanol–water partition coefficient (Wildman–Crippen LogP) is 8.47. The van der Waals surface area contributed by atoms with Crippen molar-refractivity contribution in [2.45, 2.75) is 32.6 Å². The highest BCUT2D eigenvalue weighted by atomic mass is 35.5. The molecule has 0 radical (unpaired) electrons. The van der Waals surface area contributed by atoms with Crippen molar-refractivity contribution in [1.29, 1.82) is 0 Å². The third-order valence-electron chi connectivity index (χ3n) is 13.0. The number of allylic oxidation sites excluding steroid dienone is 2.